The summed E-state index contributed by atoms with van der Waals surface area (Å²) in [6, 6.07) is 14.9. The lowest BCUT2D eigenvalue weighted by Gasteiger charge is -2.18. The number of aryl methyl sites for hydroxylation is 1. The molecule has 98 valence electrons. The van der Waals surface area contributed by atoms with Crippen LogP contribution in [0.3, 0.4) is 0 Å². The zero-order valence-corrected chi connectivity index (χ0v) is 11.4. The lowest BCUT2D eigenvalue weighted by atomic mass is 10.1. The number of anilines is 1. The first kappa shape index (κ1) is 11.4. The average Bonchev–Trinajstić information content (AvgIpc) is 2.90. The Labute approximate surface area is 117 Å². The Balaban J connectivity index is 1.83. The van der Waals surface area contributed by atoms with Crippen LogP contribution in [0.25, 0.3) is 10.9 Å². The van der Waals surface area contributed by atoms with Gasteiger partial charge in [0.2, 0.25) is 0 Å². The molecule has 0 unspecified atom stereocenters. The van der Waals surface area contributed by atoms with Gasteiger partial charge in [-0.25, -0.2) is 9.97 Å². The molecule has 1 aromatic heterocycles. The number of hydrogen-bond donors (Lipinski definition) is 0. The maximum atomic E-state index is 4.53. The lowest BCUT2D eigenvalue weighted by molar-refractivity contribution is 0.859. The SMILES string of the molecule is Cc1ccc2ncnc(N3Cc4ccccc4C3)c2c1. The summed E-state index contributed by atoms with van der Waals surface area (Å²) >= 11 is 0. The zero-order chi connectivity index (χ0) is 13.5. The van der Waals surface area contributed by atoms with Crippen LogP contribution in [0, 0.1) is 6.92 Å². The molecule has 3 aromatic rings. The summed E-state index contributed by atoms with van der Waals surface area (Å²) in [6.45, 7) is 3.96. The number of fused-ring (bicyclic) bond motifs is 2. The summed E-state index contributed by atoms with van der Waals surface area (Å²) in [7, 11) is 0. The Kier molecular flexibility index (Phi) is 2.46. The van der Waals surface area contributed by atoms with Crippen molar-refractivity contribution in [3.63, 3.8) is 0 Å². The molecule has 1 aliphatic rings. The van der Waals surface area contributed by atoms with E-state index in [1.54, 1.807) is 6.33 Å². The van der Waals surface area contributed by atoms with Crippen molar-refractivity contribution in [1.82, 2.24) is 9.97 Å². The maximum Gasteiger partial charge on any atom is 0.140 e. The van der Waals surface area contributed by atoms with E-state index in [9.17, 15) is 0 Å². The second kappa shape index (κ2) is 4.30. The van der Waals surface area contributed by atoms with Gasteiger partial charge < -0.3 is 4.90 Å². The number of nitrogens with zero attached hydrogens (tertiary/aromatic N) is 3. The maximum absolute atomic E-state index is 4.53. The number of benzene rings is 2. The van der Waals surface area contributed by atoms with Crippen LogP contribution in [-0.2, 0) is 13.1 Å². The molecule has 0 N–H and O–H groups in total. The van der Waals surface area contributed by atoms with E-state index in [0.717, 1.165) is 29.8 Å². The molecule has 0 fully saturated rings. The zero-order valence-electron chi connectivity index (χ0n) is 11.4. The first-order valence-corrected chi connectivity index (χ1v) is 6.84. The lowest BCUT2D eigenvalue weighted by Crippen LogP contribution is -2.16. The smallest absolute Gasteiger partial charge is 0.140 e. The van der Waals surface area contributed by atoms with Crippen molar-refractivity contribution in [2.75, 3.05) is 4.90 Å². The molecule has 3 nitrogen and oxygen atoms in total. The average molecular weight is 261 g/mol. The quantitative estimate of drug-likeness (QED) is 0.671. The Morgan fingerprint density at radius 1 is 0.950 bits per heavy atom. The van der Waals surface area contributed by atoms with E-state index < -0.39 is 0 Å². The molecule has 0 radical (unpaired) electrons. The minimum atomic E-state index is 0.927. The predicted octanol–water partition coefficient (Wildman–Crippen LogP) is 3.46. The van der Waals surface area contributed by atoms with Gasteiger partial charge in [0.05, 0.1) is 5.52 Å². The minimum absolute atomic E-state index is 0.927. The van der Waals surface area contributed by atoms with Gasteiger partial charge in [0, 0.05) is 18.5 Å². The standard InChI is InChI=1S/C17H15N3/c1-12-6-7-16-15(8-12)17(19-11-18-16)20-9-13-4-2-3-5-14(13)10-20/h2-8,11H,9-10H2,1H3. The summed E-state index contributed by atoms with van der Waals surface area (Å²) in [5.41, 5.74) is 5.04. The Bertz CT molecular complexity index is 770. The molecule has 0 saturated carbocycles. The van der Waals surface area contributed by atoms with Crippen molar-refractivity contribution in [2.24, 2.45) is 0 Å². The Morgan fingerprint density at radius 3 is 2.45 bits per heavy atom. The summed E-state index contributed by atoms with van der Waals surface area (Å²) in [4.78, 5) is 11.2. The Hall–Kier alpha value is -2.42. The predicted molar refractivity (Wildman–Crippen MR) is 80.6 cm³/mol. The van der Waals surface area contributed by atoms with Crippen molar-refractivity contribution < 1.29 is 0 Å². The summed E-state index contributed by atoms with van der Waals surface area (Å²) in [6.07, 6.45) is 1.66. The number of hydrogen-bond acceptors (Lipinski definition) is 3. The molecular formula is C17H15N3. The van der Waals surface area contributed by atoms with Gasteiger partial charge in [-0.1, -0.05) is 35.9 Å². The van der Waals surface area contributed by atoms with Crippen LogP contribution in [0.15, 0.2) is 48.8 Å². The molecule has 0 amide bonds. The normalized spacial score (nSPS) is 13.8. The fraction of sp³-hybridized carbons (Fsp3) is 0.176. The third kappa shape index (κ3) is 1.74. The van der Waals surface area contributed by atoms with E-state index in [1.807, 2.05) is 0 Å². The molecule has 1 aliphatic heterocycles. The monoisotopic (exact) mass is 261 g/mol. The minimum Gasteiger partial charge on any atom is -0.347 e. The van der Waals surface area contributed by atoms with E-state index in [0.29, 0.717) is 0 Å². The first-order valence-electron chi connectivity index (χ1n) is 6.84. The van der Waals surface area contributed by atoms with E-state index in [-0.39, 0.29) is 0 Å². The van der Waals surface area contributed by atoms with Crippen molar-refractivity contribution >= 4 is 16.7 Å². The van der Waals surface area contributed by atoms with Crippen molar-refractivity contribution in [2.45, 2.75) is 20.0 Å². The van der Waals surface area contributed by atoms with Crippen LogP contribution in [-0.4, -0.2) is 9.97 Å². The fourth-order valence-electron chi connectivity index (χ4n) is 2.89. The highest BCUT2D eigenvalue weighted by molar-refractivity contribution is 5.90. The molecule has 4 rings (SSSR count). The molecule has 2 heterocycles. The van der Waals surface area contributed by atoms with Gasteiger partial charge in [0.25, 0.3) is 0 Å². The topological polar surface area (TPSA) is 29.0 Å². The van der Waals surface area contributed by atoms with Gasteiger partial charge in [-0.3, -0.25) is 0 Å². The van der Waals surface area contributed by atoms with E-state index in [4.69, 9.17) is 0 Å². The second-order valence-electron chi connectivity index (χ2n) is 5.34. The van der Waals surface area contributed by atoms with Crippen molar-refractivity contribution in [3.8, 4) is 0 Å². The van der Waals surface area contributed by atoms with Crippen LogP contribution in [0.2, 0.25) is 0 Å². The third-order valence-corrected chi connectivity index (χ3v) is 3.91. The van der Waals surface area contributed by atoms with Crippen molar-refractivity contribution in [3.05, 3.63) is 65.5 Å². The summed E-state index contributed by atoms with van der Waals surface area (Å²) < 4.78 is 0. The van der Waals surface area contributed by atoms with Gasteiger partial charge in [-0.2, -0.15) is 0 Å². The highest BCUT2D eigenvalue weighted by Crippen LogP contribution is 2.31. The van der Waals surface area contributed by atoms with E-state index in [1.165, 1.54) is 16.7 Å². The van der Waals surface area contributed by atoms with Gasteiger partial charge in [-0.05, 0) is 30.2 Å². The second-order valence-corrected chi connectivity index (χ2v) is 5.34. The first-order chi connectivity index (χ1) is 9.81. The molecule has 0 atom stereocenters. The van der Waals surface area contributed by atoms with E-state index in [2.05, 4.69) is 64.3 Å². The van der Waals surface area contributed by atoms with Crippen molar-refractivity contribution in [1.29, 1.82) is 0 Å². The van der Waals surface area contributed by atoms with Crippen LogP contribution in [0.4, 0.5) is 5.82 Å². The van der Waals surface area contributed by atoms with Gasteiger partial charge in [0.15, 0.2) is 0 Å². The molecule has 0 aliphatic carbocycles. The molecule has 20 heavy (non-hydrogen) atoms. The largest absolute Gasteiger partial charge is 0.347 e. The van der Waals surface area contributed by atoms with Crippen LogP contribution < -0.4 is 4.90 Å². The Morgan fingerprint density at radius 2 is 1.70 bits per heavy atom. The van der Waals surface area contributed by atoms with Gasteiger partial charge >= 0.3 is 0 Å². The van der Waals surface area contributed by atoms with Crippen LogP contribution in [0.5, 0.6) is 0 Å². The molecule has 2 aromatic carbocycles. The van der Waals surface area contributed by atoms with E-state index >= 15 is 0 Å². The van der Waals surface area contributed by atoms with Gasteiger partial charge in [0.1, 0.15) is 12.1 Å². The molecule has 0 spiro atoms. The highest BCUT2D eigenvalue weighted by atomic mass is 15.2. The fourth-order valence-corrected chi connectivity index (χ4v) is 2.89. The molecule has 3 heteroatoms. The highest BCUT2D eigenvalue weighted by Gasteiger charge is 2.21. The number of aromatic nitrogens is 2. The van der Waals surface area contributed by atoms with Crippen LogP contribution in [0.1, 0.15) is 16.7 Å². The third-order valence-electron chi connectivity index (χ3n) is 3.91. The number of rotatable bonds is 1. The molecule has 0 bridgehead atoms. The molecular weight excluding hydrogens is 246 g/mol. The van der Waals surface area contributed by atoms with Gasteiger partial charge in [-0.15, -0.1) is 0 Å². The molecule has 0 saturated heterocycles. The summed E-state index contributed by atoms with van der Waals surface area (Å²) in [5, 5.41) is 1.14. The van der Waals surface area contributed by atoms with Crippen LogP contribution >= 0.6 is 0 Å². The summed E-state index contributed by atoms with van der Waals surface area (Å²) in [5.74, 6) is 1.04.